The monoisotopic (exact) mass is 211 g/mol. The number of carbonyl (C=O) groups is 1. The van der Waals surface area contributed by atoms with Crippen LogP contribution in [0.15, 0.2) is 12.3 Å². The van der Waals surface area contributed by atoms with Crippen LogP contribution in [0.3, 0.4) is 0 Å². The molecule has 0 fully saturated rings. The van der Waals surface area contributed by atoms with Crippen molar-refractivity contribution in [2.45, 2.75) is 6.54 Å². The van der Waals surface area contributed by atoms with Gasteiger partial charge in [-0.2, -0.15) is 0 Å². The van der Waals surface area contributed by atoms with Crippen molar-refractivity contribution in [2.75, 3.05) is 33.5 Å². The van der Waals surface area contributed by atoms with Crippen molar-refractivity contribution in [3.63, 3.8) is 0 Å². The van der Waals surface area contributed by atoms with Gasteiger partial charge in [0.25, 0.3) is 0 Å². The van der Waals surface area contributed by atoms with Crippen molar-refractivity contribution < 1.29 is 9.53 Å². The highest BCUT2D eigenvalue weighted by molar-refractivity contribution is 5.88. The van der Waals surface area contributed by atoms with Crippen molar-refractivity contribution in [1.82, 2.24) is 9.47 Å². The van der Waals surface area contributed by atoms with E-state index >= 15 is 0 Å². The number of nitrogen functional groups attached to an aromatic ring is 1. The molecule has 1 rings (SSSR count). The predicted octanol–water partition coefficient (Wildman–Crippen LogP) is 0.419. The summed E-state index contributed by atoms with van der Waals surface area (Å²) in [4.78, 5) is 13.4. The number of hydrogen-bond acceptors (Lipinski definition) is 4. The second kappa shape index (κ2) is 4.84. The first-order valence-corrected chi connectivity index (χ1v) is 4.73. The van der Waals surface area contributed by atoms with Gasteiger partial charge in [0.2, 0.25) is 0 Å². The molecule has 15 heavy (non-hydrogen) atoms. The molecule has 0 aliphatic rings. The largest absolute Gasteiger partial charge is 0.464 e. The Labute approximate surface area is 89.4 Å². The Hall–Kier alpha value is -1.49. The Bertz CT molecular complexity index is 344. The number of carbonyl (C=O) groups excluding carboxylic acids is 1. The molecule has 1 heterocycles. The Morgan fingerprint density at radius 3 is 2.80 bits per heavy atom. The number of likely N-dealkylation sites (N-methyl/N-ethyl adjacent to an activating group) is 1. The molecule has 0 saturated carbocycles. The molecule has 1 aromatic rings. The molecule has 5 nitrogen and oxygen atoms in total. The van der Waals surface area contributed by atoms with Gasteiger partial charge in [0.1, 0.15) is 5.69 Å². The summed E-state index contributed by atoms with van der Waals surface area (Å²) in [6, 6.07) is 1.63. The number of esters is 1. The normalized spacial score (nSPS) is 10.7. The standard InChI is InChI=1S/C10H17N3O2/c1-12(2)4-5-13-7-8(11)6-9(13)10(14)15-3/h6-7H,4-5,11H2,1-3H3. The molecule has 0 atom stereocenters. The fourth-order valence-corrected chi connectivity index (χ4v) is 1.30. The van der Waals surface area contributed by atoms with E-state index < -0.39 is 0 Å². The molecule has 0 radical (unpaired) electrons. The van der Waals surface area contributed by atoms with E-state index in [0.717, 1.165) is 6.54 Å². The van der Waals surface area contributed by atoms with Crippen LogP contribution in [0.2, 0.25) is 0 Å². The lowest BCUT2D eigenvalue weighted by molar-refractivity contribution is 0.0588. The van der Waals surface area contributed by atoms with Gasteiger partial charge in [-0.05, 0) is 20.2 Å². The summed E-state index contributed by atoms with van der Waals surface area (Å²) in [6.45, 7) is 1.56. The molecule has 0 spiro atoms. The zero-order valence-electron chi connectivity index (χ0n) is 9.36. The number of hydrogen-bond donors (Lipinski definition) is 1. The molecular formula is C10H17N3O2. The van der Waals surface area contributed by atoms with Crippen LogP contribution < -0.4 is 5.73 Å². The van der Waals surface area contributed by atoms with E-state index in [4.69, 9.17) is 5.73 Å². The van der Waals surface area contributed by atoms with Crippen molar-refractivity contribution in [2.24, 2.45) is 0 Å². The summed E-state index contributed by atoms with van der Waals surface area (Å²) in [5, 5.41) is 0. The van der Waals surface area contributed by atoms with Crippen LogP contribution >= 0.6 is 0 Å². The lowest BCUT2D eigenvalue weighted by atomic mass is 10.4. The molecule has 5 heteroatoms. The zero-order chi connectivity index (χ0) is 11.4. The van der Waals surface area contributed by atoms with Crippen LogP contribution in [0.1, 0.15) is 10.5 Å². The second-order valence-electron chi connectivity index (χ2n) is 3.65. The summed E-state index contributed by atoms with van der Waals surface area (Å²) in [5.41, 5.74) is 6.71. The van der Waals surface area contributed by atoms with Crippen LogP contribution in [0.4, 0.5) is 5.69 Å². The summed E-state index contributed by atoms with van der Waals surface area (Å²) in [7, 11) is 5.32. The predicted molar refractivity (Wildman–Crippen MR) is 58.7 cm³/mol. The van der Waals surface area contributed by atoms with Crippen LogP contribution in [-0.2, 0) is 11.3 Å². The zero-order valence-corrected chi connectivity index (χ0v) is 9.36. The highest BCUT2D eigenvalue weighted by Gasteiger charge is 2.12. The summed E-state index contributed by atoms with van der Waals surface area (Å²) in [5.74, 6) is -0.356. The van der Waals surface area contributed by atoms with Crippen LogP contribution in [-0.4, -0.2) is 43.2 Å². The Morgan fingerprint density at radius 2 is 2.27 bits per heavy atom. The number of nitrogens with two attached hydrogens (primary N) is 1. The van der Waals surface area contributed by atoms with Gasteiger partial charge in [-0.25, -0.2) is 4.79 Å². The maximum atomic E-state index is 11.4. The molecule has 0 aromatic carbocycles. The van der Waals surface area contributed by atoms with Gasteiger partial charge in [-0.1, -0.05) is 0 Å². The summed E-state index contributed by atoms with van der Waals surface area (Å²) in [6.07, 6.45) is 1.75. The highest BCUT2D eigenvalue weighted by atomic mass is 16.5. The third-order valence-electron chi connectivity index (χ3n) is 2.10. The first kappa shape index (κ1) is 11.6. The number of nitrogens with zero attached hydrogens (tertiary/aromatic N) is 2. The third-order valence-corrected chi connectivity index (χ3v) is 2.10. The number of ether oxygens (including phenoxy) is 1. The summed E-state index contributed by atoms with van der Waals surface area (Å²) >= 11 is 0. The summed E-state index contributed by atoms with van der Waals surface area (Å²) < 4.78 is 6.47. The molecular weight excluding hydrogens is 194 g/mol. The number of methoxy groups -OCH3 is 1. The van der Waals surface area contributed by atoms with E-state index in [1.165, 1.54) is 7.11 Å². The minimum Gasteiger partial charge on any atom is -0.464 e. The third kappa shape index (κ3) is 2.99. The van der Waals surface area contributed by atoms with Crippen molar-refractivity contribution >= 4 is 11.7 Å². The maximum absolute atomic E-state index is 11.4. The van der Waals surface area contributed by atoms with Crippen molar-refractivity contribution in [1.29, 1.82) is 0 Å². The molecule has 2 N–H and O–H groups in total. The SMILES string of the molecule is COC(=O)c1cc(N)cn1CCN(C)C. The molecule has 0 unspecified atom stereocenters. The van der Waals surface area contributed by atoms with Crippen molar-refractivity contribution in [3.8, 4) is 0 Å². The number of anilines is 1. The Morgan fingerprint density at radius 1 is 1.60 bits per heavy atom. The number of rotatable bonds is 4. The van der Waals surface area contributed by atoms with E-state index in [1.54, 1.807) is 16.8 Å². The van der Waals surface area contributed by atoms with E-state index in [1.807, 2.05) is 19.0 Å². The first-order chi connectivity index (χ1) is 7.04. The Balaban J connectivity index is 2.81. The molecule has 0 aliphatic carbocycles. The van der Waals surface area contributed by atoms with E-state index in [-0.39, 0.29) is 5.97 Å². The topological polar surface area (TPSA) is 60.5 Å². The molecule has 1 aromatic heterocycles. The highest BCUT2D eigenvalue weighted by Crippen LogP contribution is 2.11. The van der Waals surface area contributed by atoms with E-state index in [2.05, 4.69) is 4.74 Å². The van der Waals surface area contributed by atoms with Crippen molar-refractivity contribution in [3.05, 3.63) is 18.0 Å². The van der Waals surface area contributed by atoms with Gasteiger partial charge < -0.3 is 19.9 Å². The first-order valence-electron chi connectivity index (χ1n) is 4.73. The number of aromatic nitrogens is 1. The van der Waals surface area contributed by atoms with Gasteiger partial charge in [0, 0.05) is 19.3 Å². The minimum atomic E-state index is -0.356. The molecule has 0 saturated heterocycles. The smallest absolute Gasteiger partial charge is 0.354 e. The van der Waals surface area contributed by atoms with Crippen LogP contribution in [0.5, 0.6) is 0 Å². The molecule has 0 aliphatic heterocycles. The van der Waals surface area contributed by atoms with Gasteiger partial charge in [-0.3, -0.25) is 0 Å². The minimum absolute atomic E-state index is 0.356. The quantitative estimate of drug-likeness (QED) is 0.733. The average Bonchev–Trinajstić information content (AvgIpc) is 2.55. The lowest BCUT2D eigenvalue weighted by Gasteiger charge is -2.11. The molecule has 0 amide bonds. The van der Waals surface area contributed by atoms with Crippen LogP contribution in [0.25, 0.3) is 0 Å². The average molecular weight is 211 g/mol. The van der Waals surface area contributed by atoms with Gasteiger partial charge >= 0.3 is 5.97 Å². The van der Waals surface area contributed by atoms with E-state index in [9.17, 15) is 4.79 Å². The lowest BCUT2D eigenvalue weighted by Crippen LogP contribution is -2.20. The Kier molecular flexibility index (Phi) is 3.74. The molecule has 0 bridgehead atoms. The molecule has 84 valence electrons. The van der Waals surface area contributed by atoms with E-state index in [0.29, 0.717) is 17.9 Å². The van der Waals surface area contributed by atoms with Gasteiger partial charge in [0.15, 0.2) is 0 Å². The second-order valence-corrected chi connectivity index (χ2v) is 3.65. The van der Waals surface area contributed by atoms with Crippen LogP contribution in [0, 0.1) is 0 Å². The fourth-order valence-electron chi connectivity index (χ4n) is 1.30. The van der Waals surface area contributed by atoms with Gasteiger partial charge in [0.05, 0.1) is 12.8 Å². The maximum Gasteiger partial charge on any atom is 0.354 e. The van der Waals surface area contributed by atoms with Gasteiger partial charge in [-0.15, -0.1) is 0 Å². The fraction of sp³-hybridized carbons (Fsp3) is 0.500.